The van der Waals surface area contributed by atoms with Crippen LogP contribution in [-0.4, -0.2) is 42.9 Å². The van der Waals surface area contributed by atoms with Crippen molar-refractivity contribution < 1.29 is 10.2 Å². The molecule has 0 aliphatic carbocycles. The molecule has 1 N–H and O–H groups in total. The molecular formula is C9H18NO2. The Labute approximate surface area is 74.0 Å². The number of likely N-dealkylation sites (tertiary alicyclic amines) is 1. The van der Waals surface area contributed by atoms with E-state index >= 15 is 0 Å². The van der Waals surface area contributed by atoms with Crippen molar-refractivity contribution in [3.63, 3.8) is 0 Å². The SMILES string of the molecule is [O]CCN1CCC(CCO)CC1. The molecule has 1 aliphatic rings. The second kappa shape index (κ2) is 5.51. The second-order valence-electron chi connectivity index (χ2n) is 3.50. The molecule has 12 heavy (non-hydrogen) atoms. The number of hydrogen-bond donors (Lipinski definition) is 1. The lowest BCUT2D eigenvalue weighted by atomic mass is 9.94. The van der Waals surface area contributed by atoms with Gasteiger partial charge in [0, 0.05) is 13.2 Å². The van der Waals surface area contributed by atoms with Gasteiger partial charge in [0.25, 0.3) is 0 Å². The van der Waals surface area contributed by atoms with Gasteiger partial charge < -0.3 is 10.0 Å². The minimum absolute atomic E-state index is 0.0185. The van der Waals surface area contributed by atoms with Crippen molar-refractivity contribution in [1.29, 1.82) is 0 Å². The molecule has 0 bridgehead atoms. The molecule has 0 atom stereocenters. The smallest absolute Gasteiger partial charge is 0.0949 e. The van der Waals surface area contributed by atoms with Crippen LogP contribution in [0.15, 0.2) is 0 Å². The van der Waals surface area contributed by atoms with Gasteiger partial charge in [-0.3, -0.25) is 0 Å². The summed E-state index contributed by atoms with van der Waals surface area (Å²) in [7, 11) is 0. The Bertz CT molecular complexity index is 97.1. The molecule has 0 amide bonds. The predicted molar refractivity (Wildman–Crippen MR) is 46.4 cm³/mol. The summed E-state index contributed by atoms with van der Waals surface area (Å²) in [4.78, 5) is 2.22. The number of hydrogen-bond acceptors (Lipinski definition) is 2. The van der Waals surface area contributed by atoms with Crippen molar-refractivity contribution >= 4 is 0 Å². The third-order valence-electron chi connectivity index (χ3n) is 2.65. The Morgan fingerprint density at radius 1 is 1.33 bits per heavy atom. The van der Waals surface area contributed by atoms with Crippen LogP contribution in [0.4, 0.5) is 0 Å². The first-order valence-corrected chi connectivity index (χ1v) is 4.78. The van der Waals surface area contributed by atoms with E-state index in [4.69, 9.17) is 5.11 Å². The molecule has 3 heteroatoms. The Morgan fingerprint density at radius 2 is 2.00 bits per heavy atom. The summed E-state index contributed by atoms with van der Waals surface area (Å²) < 4.78 is 0. The van der Waals surface area contributed by atoms with Crippen molar-refractivity contribution in [2.24, 2.45) is 5.92 Å². The number of piperidine rings is 1. The first-order valence-electron chi connectivity index (χ1n) is 4.78. The topological polar surface area (TPSA) is 43.4 Å². The van der Waals surface area contributed by atoms with E-state index in [1.165, 1.54) is 0 Å². The van der Waals surface area contributed by atoms with Crippen molar-refractivity contribution in [2.75, 3.05) is 32.8 Å². The van der Waals surface area contributed by atoms with Crippen molar-refractivity contribution in [3.05, 3.63) is 0 Å². The van der Waals surface area contributed by atoms with Crippen LogP contribution in [0.2, 0.25) is 0 Å². The normalized spacial score (nSPS) is 21.5. The lowest BCUT2D eigenvalue weighted by molar-refractivity contribution is 0.107. The molecule has 1 rings (SSSR count). The highest BCUT2D eigenvalue weighted by Gasteiger charge is 2.17. The van der Waals surface area contributed by atoms with E-state index in [0.29, 0.717) is 19.1 Å². The summed E-state index contributed by atoms with van der Waals surface area (Å²) in [5, 5.41) is 19.0. The standard InChI is InChI=1S/C9H18NO2/c11-7-3-9-1-4-10(5-2-9)6-8-12/h9,11H,1-8H2. The zero-order valence-electron chi connectivity index (χ0n) is 7.54. The third-order valence-corrected chi connectivity index (χ3v) is 2.65. The molecule has 1 fully saturated rings. The minimum atomic E-state index is 0.0185. The molecule has 0 saturated carbocycles. The van der Waals surface area contributed by atoms with E-state index < -0.39 is 0 Å². The fourth-order valence-electron chi connectivity index (χ4n) is 1.81. The van der Waals surface area contributed by atoms with E-state index in [0.717, 1.165) is 32.4 Å². The molecule has 71 valence electrons. The minimum Gasteiger partial charge on any atom is -0.396 e. The van der Waals surface area contributed by atoms with E-state index in [1.54, 1.807) is 0 Å². The molecular weight excluding hydrogens is 154 g/mol. The molecule has 0 aromatic heterocycles. The Morgan fingerprint density at radius 3 is 2.50 bits per heavy atom. The number of aliphatic hydroxyl groups excluding tert-OH is 1. The maximum atomic E-state index is 10.3. The number of rotatable bonds is 4. The molecule has 0 aromatic carbocycles. The second-order valence-corrected chi connectivity index (χ2v) is 3.50. The van der Waals surface area contributed by atoms with Gasteiger partial charge in [0.15, 0.2) is 0 Å². The summed E-state index contributed by atoms with van der Waals surface area (Å²) in [5.41, 5.74) is 0. The van der Waals surface area contributed by atoms with Gasteiger partial charge in [-0.2, -0.15) is 0 Å². The number of nitrogens with zero attached hydrogens (tertiary/aromatic N) is 1. The van der Waals surface area contributed by atoms with Crippen LogP contribution in [0.1, 0.15) is 19.3 Å². The van der Waals surface area contributed by atoms with Gasteiger partial charge in [0.05, 0.1) is 6.61 Å². The molecule has 1 radical (unpaired) electrons. The lowest BCUT2D eigenvalue weighted by Gasteiger charge is -2.30. The van der Waals surface area contributed by atoms with E-state index in [-0.39, 0.29) is 6.61 Å². The van der Waals surface area contributed by atoms with E-state index in [1.807, 2.05) is 0 Å². The maximum absolute atomic E-state index is 10.3. The van der Waals surface area contributed by atoms with Gasteiger partial charge in [-0.05, 0) is 38.3 Å². The van der Waals surface area contributed by atoms with Crippen molar-refractivity contribution in [2.45, 2.75) is 19.3 Å². The summed E-state index contributed by atoms with van der Waals surface area (Å²) in [5.74, 6) is 0.693. The molecule has 3 nitrogen and oxygen atoms in total. The Kier molecular flexibility index (Phi) is 4.58. The molecule has 1 heterocycles. The van der Waals surface area contributed by atoms with Gasteiger partial charge in [0.2, 0.25) is 0 Å². The lowest BCUT2D eigenvalue weighted by Crippen LogP contribution is -2.35. The molecule has 0 unspecified atom stereocenters. The monoisotopic (exact) mass is 172 g/mol. The fourth-order valence-corrected chi connectivity index (χ4v) is 1.81. The highest BCUT2D eigenvalue weighted by Crippen LogP contribution is 2.19. The van der Waals surface area contributed by atoms with Crippen molar-refractivity contribution in [1.82, 2.24) is 4.90 Å². The van der Waals surface area contributed by atoms with Crippen LogP contribution in [-0.2, 0) is 5.11 Å². The fraction of sp³-hybridized carbons (Fsp3) is 1.00. The van der Waals surface area contributed by atoms with Gasteiger partial charge >= 0.3 is 0 Å². The summed E-state index contributed by atoms with van der Waals surface area (Å²) >= 11 is 0. The van der Waals surface area contributed by atoms with Gasteiger partial charge in [-0.15, -0.1) is 0 Å². The zero-order valence-corrected chi connectivity index (χ0v) is 7.54. The van der Waals surface area contributed by atoms with Crippen LogP contribution in [0.3, 0.4) is 0 Å². The highest BCUT2D eigenvalue weighted by molar-refractivity contribution is 4.71. The first-order chi connectivity index (χ1) is 5.86. The third kappa shape index (κ3) is 3.09. The van der Waals surface area contributed by atoms with Crippen LogP contribution >= 0.6 is 0 Å². The Hall–Kier alpha value is -0.120. The quantitative estimate of drug-likeness (QED) is 0.671. The van der Waals surface area contributed by atoms with Gasteiger partial charge in [-0.1, -0.05) is 0 Å². The Balaban J connectivity index is 2.11. The summed E-state index contributed by atoms with van der Waals surface area (Å²) in [6.45, 7) is 3.13. The predicted octanol–water partition coefficient (Wildman–Crippen LogP) is 0.511. The van der Waals surface area contributed by atoms with E-state index in [2.05, 4.69) is 4.90 Å². The maximum Gasteiger partial charge on any atom is 0.0949 e. The first kappa shape index (κ1) is 9.96. The largest absolute Gasteiger partial charge is 0.396 e. The van der Waals surface area contributed by atoms with Crippen molar-refractivity contribution in [3.8, 4) is 0 Å². The van der Waals surface area contributed by atoms with Gasteiger partial charge in [0.1, 0.15) is 0 Å². The van der Waals surface area contributed by atoms with E-state index in [9.17, 15) is 5.11 Å². The van der Waals surface area contributed by atoms with Crippen LogP contribution in [0.5, 0.6) is 0 Å². The molecule has 0 spiro atoms. The zero-order chi connectivity index (χ0) is 8.81. The highest BCUT2D eigenvalue weighted by atomic mass is 16.3. The number of aliphatic hydroxyl groups is 1. The molecule has 1 saturated heterocycles. The van der Waals surface area contributed by atoms with Crippen LogP contribution in [0, 0.1) is 5.92 Å². The molecule has 0 aromatic rings. The van der Waals surface area contributed by atoms with Gasteiger partial charge in [-0.25, -0.2) is 5.11 Å². The summed E-state index contributed by atoms with van der Waals surface area (Å²) in [6.07, 6.45) is 3.24. The molecule has 1 aliphatic heterocycles. The van der Waals surface area contributed by atoms with Crippen LogP contribution in [0.25, 0.3) is 0 Å². The average molecular weight is 172 g/mol. The van der Waals surface area contributed by atoms with Crippen LogP contribution < -0.4 is 0 Å². The summed E-state index contributed by atoms with van der Waals surface area (Å²) in [6, 6.07) is 0. The average Bonchev–Trinajstić information content (AvgIpc) is 2.09.